The van der Waals surface area contributed by atoms with E-state index in [1.165, 1.54) is 0 Å². The SMILES string of the molecule is CCCCCCC(=O)NN=Cc1c(O)n(-c2ccc(I)cc2)c(=O)[nH]c1=O. The van der Waals surface area contributed by atoms with Gasteiger partial charge in [0, 0.05) is 9.99 Å². The van der Waals surface area contributed by atoms with Crippen LogP contribution in [0, 0.1) is 3.57 Å². The van der Waals surface area contributed by atoms with Gasteiger partial charge in [-0.15, -0.1) is 0 Å². The molecule has 2 aromatic rings. The molecule has 0 fully saturated rings. The molecule has 1 aromatic carbocycles. The predicted octanol–water partition coefficient (Wildman–Crippen LogP) is 2.26. The van der Waals surface area contributed by atoms with Gasteiger partial charge in [-0.05, 0) is 53.3 Å². The molecule has 0 aliphatic heterocycles. The van der Waals surface area contributed by atoms with Crippen molar-refractivity contribution in [2.45, 2.75) is 39.0 Å². The Morgan fingerprint density at radius 2 is 1.96 bits per heavy atom. The summed E-state index contributed by atoms with van der Waals surface area (Å²) in [5, 5.41) is 14.1. The van der Waals surface area contributed by atoms with Crippen LogP contribution in [-0.2, 0) is 4.79 Å². The van der Waals surface area contributed by atoms with Crippen LogP contribution in [0.2, 0.25) is 0 Å². The summed E-state index contributed by atoms with van der Waals surface area (Å²) in [5.74, 6) is -0.824. The van der Waals surface area contributed by atoms with Crippen molar-refractivity contribution < 1.29 is 9.90 Å². The molecule has 3 N–H and O–H groups in total. The number of hydrogen-bond acceptors (Lipinski definition) is 5. The number of rotatable bonds is 8. The molecule has 0 radical (unpaired) electrons. The zero-order valence-electron chi connectivity index (χ0n) is 14.9. The number of H-pyrrole nitrogens is 1. The minimum Gasteiger partial charge on any atom is -0.493 e. The second kappa shape index (κ2) is 10.0. The van der Waals surface area contributed by atoms with Crippen molar-refractivity contribution in [2.24, 2.45) is 5.10 Å². The molecule has 0 unspecified atom stereocenters. The van der Waals surface area contributed by atoms with E-state index in [-0.39, 0.29) is 11.5 Å². The lowest BCUT2D eigenvalue weighted by molar-refractivity contribution is -0.121. The highest BCUT2D eigenvalue weighted by atomic mass is 127. The van der Waals surface area contributed by atoms with Crippen molar-refractivity contribution >= 4 is 34.7 Å². The number of carbonyl (C=O) groups is 1. The summed E-state index contributed by atoms with van der Waals surface area (Å²) >= 11 is 2.11. The lowest BCUT2D eigenvalue weighted by Gasteiger charge is -2.09. The minimum absolute atomic E-state index is 0.223. The molecule has 9 heteroatoms. The molecular formula is C18H21IN4O4. The summed E-state index contributed by atoms with van der Waals surface area (Å²) in [6.45, 7) is 2.09. The molecule has 0 saturated heterocycles. The number of hydrogen-bond donors (Lipinski definition) is 3. The number of benzene rings is 1. The Labute approximate surface area is 169 Å². The standard InChI is InChI=1S/C18H21IN4O4/c1-2-3-4-5-6-15(24)22-20-11-14-16(25)21-18(27)23(17(14)26)13-9-7-12(19)8-10-13/h7-11,26H,2-6H2,1H3,(H,22,24)(H,21,25,27). The monoisotopic (exact) mass is 484 g/mol. The van der Waals surface area contributed by atoms with Crippen molar-refractivity contribution in [1.82, 2.24) is 15.0 Å². The first-order valence-electron chi connectivity index (χ1n) is 8.60. The van der Waals surface area contributed by atoms with Crippen molar-refractivity contribution in [2.75, 3.05) is 0 Å². The van der Waals surface area contributed by atoms with E-state index >= 15 is 0 Å². The zero-order chi connectivity index (χ0) is 19.8. The van der Waals surface area contributed by atoms with Gasteiger partial charge < -0.3 is 5.11 Å². The molecule has 8 nitrogen and oxygen atoms in total. The van der Waals surface area contributed by atoms with Crippen LogP contribution in [-0.4, -0.2) is 26.8 Å². The Morgan fingerprint density at radius 3 is 2.63 bits per heavy atom. The molecule has 0 aliphatic rings. The zero-order valence-corrected chi connectivity index (χ0v) is 17.0. The quantitative estimate of drug-likeness (QED) is 0.231. The summed E-state index contributed by atoms with van der Waals surface area (Å²) in [5.41, 5.74) is 0.932. The first kappa shape index (κ1) is 20.9. The first-order chi connectivity index (χ1) is 12.9. The van der Waals surface area contributed by atoms with E-state index in [9.17, 15) is 19.5 Å². The second-order valence-corrected chi connectivity index (χ2v) is 7.16. The summed E-state index contributed by atoms with van der Waals surface area (Å²) in [6.07, 6.45) is 5.24. The molecule has 144 valence electrons. The summed E-state index contributed by atoms with van der Waals surface area (Å²) in [7, 11) is 0. The molecule has 0 spiro atoms. The highest BCUT2D eigenvalue weighted by molar-refractivity contribution is 14.1. The van der Waals surface area contributed by atoms with Crippen molar-refractivity contribution in [1.29, 1.82) is 0 Å². The molecule has 1 aromatic heterocycles. The summed E-state index contributed by atoms with van der Waals surface area (Å²) < 4.78 is 1.92. The van der Waals surface area contributed by atoms with Gasteiger partial charge >= 0.3 is 5.69 Å². The number of hydrazone groups is 1. The number of amides is 1. The molecule has 0 bridgehead atoms. The Bertz CT molecular complexity index is 932. The number of halogens is 1. The van der Waals surface area contributed by atoms with Crippen molar-refractivity contribution in [3.8, 4) is 11.6 Å². The lowest BCUT2D eigenvalue weighted by Crippen LogP contribution is -2.31. The Hall–Kier alpha value is -2.43. The topological polar surface area (TPSA) is 117 Å². The highest BCUT2D eigenvalue weighted by Gasteiger charge is 2.14. The van der Waals surface area contributed by atoms with E-state index in [2.05, 4.69) is 45.0 Å². The van der Waals surface area contributed by atoms with Crippen LogP contribution >= 0.6 is 22.6 Å². The molecule has 0 aliphatic carbocycles. The number of aromatic hydroxyl groups is 1. The Kier molecular flexibility index (Phi) is 7.77. The van der Waals surface area contributed by atoms with Gasteiger partial charge in [-0.2, -0.15) is 5.10 Å². The van der Waals surface area contributed by atoms with E-state index in [4.69, 9.17) is 0 Å². The fourth-order valence-electron chi connectivity index (χ4n) is 2.42. The van der Waals surface area contributed by atoms with Crippen molar-refractivity contribution in [3.63, 3.8) is 0 Å². The first-order valence-corrected chi connectivity index (χ1v) is 9.68. The maximum Gasteiger partial charge on any atom is 0.335 e. The van der Waals surface area contributed by atoms with Gasteiger partial charge in [-0.3, -0.25) is 14.6 Å². The average molecular weight is 484 g/mol. The number of nitrogens with zero attached hydrogens (tertiary/aromatic N) is 2. The number of nitrogens with one attached hydrogen (secondary N) is 2. The average Bonchev–Trinajstić information content (AvgIpc) is 2.63. The fraction of sp³-hybridized carbons (Fsp3) is 0.333. The molecule has 1 heterocycles. The van der Waals surface area contributed by atoms with Gasteiger partial charge in [-0.1, -0.05) is 26.2 Å². The van der Waals surface area contributed by atoms with Gasteiger partial charge in [-0.25, -0.2) is 14.8 Å². The molecule has 0 atom stereocenters. The van der Waals surface area contributed by atoms with Crippen molar-refractivity contribution in [3.05, 3.63) is 54.2 Å². The maximum absolute atomic E-state index is 12.1. The van der Waals surface area contributed by atoms with Crippen LogP contribution in [0.25, 0.3) is 5.69 Å². The van der Waals surface area contributed by atoms with Crippen LogP contribution in [0.3, 0.4) is 0 Å². The van der Waals surface area contributed by atoms with E-state index in [0.29, 0.717) is 12.1 Å². The third-order valence-electron chi connectivity index (χ3n) is 3.85. The minimum atomic E-state index is -0.791. The number of unbranched alkanes of at least 4 members (excludes halogenated alkanes) is 3. The Balaban J connectivity index is 2.19. The number of aromatic amines is 1. The summed E-state index contributed by atoms with van der Waals surface area (Å²) in [6, 6.07) is 6.80. The van der Waals surface area contributed by atoms with Crippen LogP contribution in [0.5, 0.6) is 5.88 Å². The van der Waals surface area contributed by atoms with Crippen LogP contribution in [0.1, 0.15) is 44.6 Å². The maximum atomic E-state index is 12.1. The fourth-order valence-corrected chi connectivity index (χ4v) is 2.78. The summed E-state index contributed by atoms with van der Waals surface area (Å²) in [4.78, 5) is 37.9. The molecular weight excluding hydrogens is 463 g/mol. The third kappa shape index (κ3) is 5.78. The van der Waals surface area contributed by atoms with Crippen LogP contribution in [0.4, 0.5) is 0 Å². The lowest BCUT2D eigenvalue weighted by atomic mass is 10.1. The van der Waals surface area contributed by atoms with E-state index in [1.807, 2.05) is 0 Å². The molecule has 1 amide bonds. The van der Waals surface area contributed by atoms with Crippen LogP contribution in [0.15, 0.2) is 39.0 Å². The largest absolute Gasteiger partial charge is 0.493 e. The van der Waals surface area contributed by atoms with Gasteiger partial charge in [0.2, 0.25) is 11.8 Å². The Morgan fingerprint density at radius 1 is 1.26 bits per heavy atom. The van der Waals surface area contributed by atoms with Crippen LogP contribution < -0.4 is 16.7 Å². The van der Waals surface area contributed by atoms with E-state index < -0.39 is 17.1 Å². The predicted molar refractivity (Wildman–Crippen MR) is 112 cm³/mol. The number of aromatic nitrogens is 2. The van der Waals surface area contributed by atoms with Gasteiger partial charge in [0.05, 0.1) is 11.9 Å². The highest BCUT2D eigenvalue weighted by Crippen LogP contribution is 2.16. The normalized spacial score (nSPS) is 11.0. The molecule has 0 saturated carbocycles. The molecule has 27 heavy (non-hydrogen) atoms. The smallest absolute Gasteiger partial charge is 0.335 e. The van der Waals surface area contributed by atoms with E-state index in [1.54, 1.807) is 24.3 Å². The van der Waals surface area contributed by atoms with E-state index in [0.717, 1.165) is 40.0 Å². The second-order valence-electron chi connectivity index (χ2n) is 5.91. The van der Waals surface area contributed by atoms with Gasteiger partial charge in [0.1, 0.15) is 5.56 Å². The van der Waals surface area contributed by atoms with Gasteiger partial charge in [0.15, 0.2) is 0 Å². The molecule has 2 rings (SSSR count). The third-order valence-corrected chi connectivity index (χ3v) is 4.57. The number of carbonyl (C=O) groups excluding carboxylic acids is 1. The van der Waals surface area contributed by atoms with Gasteiger partial charge in [0.25, 0.3) is 5.56 Å².